The van der Waals surface area contributed by atoms with Crippen LogP contribution in [0, 0.1) is 5.82 Å². The van der Waals surface area contributed by atoms with Gasteiger partial charge in [-0.3, -0.25) is 9.78 Å². The van der Waals surface area contributed by atoms with Gasteiger partial charge >= 0.3 is 6.18 Å². The summed E-state index contributed by atoms with van der Waals surface area (Å²) in [5.74, 6) is -1.23. The summed E-state index contributed by atoms with van der Waals surface area (Å²) in [6, 6.07) is 8.59. The number of rotatable bonds is 3. The minimum atomic E-state index is -4.89. The molecule has 1 aliphatic rings. The first kappa shape index (κ1) is 21.9. The average molecular weight is 448 g/mol. The van der Waals surface area contributed by atoms with Crippen LogP contribution in [0.15, 0.2) is 48.8 Å². The second kappa shape index (κ2) is 7.70. The molecule has 168 valence electrons. The van der Waals surface area contributed by atoms with Crippen LogP contribution in [0.2, 0.25) is 0 Å². The number of imidazole rings is 1. The molecule has 0 aliphatic carbocycles. The van der Waals surface area contributed by atoms with Crippen LogP contribution in [0.1, 0.15) is 41.9 Å². The van der Waals surface area contributed by atoms with Crippen molar-refractivity contribution in [2.24, 2.45) is 0 Å². The molecule has 2 atom stereocenters. The number of carbonyl (C=O) groups excluding carboxylic acids is 1. The van der Waals surface area contributed by atoms with E-state index in [1.807, 2.05) is 0 Å². The lowest BCUT2D eigenvalue weighted by molar-refractivity contribution is -0.263. The molecule has 2 aromatic heterocycles. The highest BCUT2D eigenvalue weighted by Crippen LogP contribution is 2.40. The van der Waals surface area contributed by atoms with E-state index in [0.29, 0.717) is 18.2 Å². The number of pyridine rings is 1. The molecule has 0 saturated carbocycles. The minimum Gasteiger partial charge on any atom is -0.374 e. The van der Waals surface area contributed by atoms with Crippen molar-refractivity contribution in [1.29, 1.82) is 0 Å². The number of hydrogen-bond acceptors (Lipinski definition) is 4. The van der Waals surface area contributed by atoms with Crippen LogP contribution in [0.25, 0.3) is 11.1 Å². The zero-order valence-electron chi connectivity index (χ0n) is 17.3. The molecule has 0 unspecified atom stereocenters. The third kappa shape index (κ3) is 3.75. The van der Waals surface area contributed by atoms with Crippen LogP contribution in [0.3, 0.4) is 0 Å². The fourth-order valence-corrected chi connectivity index (χ4v) is 3.80. The first-order valence-corrected chi connectivity index (χ1v) is 9.86. The molecule has 1 amide bonds. The Morgan fingerprint density at radius 2 is 1.72 bits per heavy atom. The second-order valence-electron chi connectivity index (χ2n) is 7.99. The average Bonchev–Trinajstić information content (AvgIpc) is 3.18. The van der Waals surface area contributed by atoms with Crippen LogP contribution < -0.4 is 0 Å². The van der Waals surface area contributed by atoms with E-state index in [2.05, 4.69) is 9.97 Å². The van der Waals surface area contributed by atoms with Crippen molar-refractivity contribution in [3.63, 3.8) is 0 Å². The number of benzene rings is 1. The van der Waals surface area contributed by atoms with Gasteiger partial charge in [0.15, 0.2) is 5.82 Å². The van der Waals surface area contributed by atoms with E-state index < -0.39 is 23.6 Å². The Labute approximate surface area is 181 Å². The summed E-state index contributed by atoms with van der Waals surface area (Å²) in [4.78, 5) is 22.5. The van der Waals surface area contributed by atoms with Crippen LogP contribution in [0.5, 0.6) is 0 Å². The lowest BCUT2D eigenvalue weighted by Crippen LogP contribution is -2.45. The van der Waals surface area contributed by atoms with Gasteiger partial charge in [-0.15, -0.1) is 0 Å². The van der Waals surface area contributed by atoms with Gasteiger partial charge in [0.25, 0.3) is 5.91 Å². The van der Waals surface area contributed by atoms with Gasteiger partial charge in [0, 0.05) is 18.3 Å². The highest BCUT2D eigenvalue weighted by Gasteiger charge is 2.55. The molecule has 0 radical (unpaired) electrons. The molecule has 1 N–H and O–H groups in total. The first-order chi connectivity index (χ1) is 15.0. The van der Waals surface area contributed by atoms with E-state index >= 15 is 0 Å². The predicted molar refractivity (Wildman–Crippen MR) is 107 cm³/mol. The van der Waals surface area contributed by atoms with Gasteiger partial charge in [0.1, 0.15) is 11.5 Å². The Bertz CT molecular complexity index is 1140. The molecule has 0 saturated heterocycles. The number of halogens is 4. The molecule has 1 aromatic carbocycles. The molecule has 1 aliphatic heterocycles. The van der Waals surface area contributed by atoms with Gasteiger partial charge in [0.05, 0.1) is 24.5 Å². The predicted octanol–water partition coefficient (Wildman–Crippen LogP) is 4.07. The molecule has 0 spiro atoms. The molecular formula is C22H20F4N4O2. The van der Waals surface area contributed by atoms with Gasteiger partial charge in [-0.05, 0) is 37.6 Å². The molecular weight excluding hydrogens is 428 g/mol. The lowest BCUT2D eigenvalue weighted by atomic mass is 10.0. The number of alkyl halides is 3. The molecule has 32 heavy (non-hydrogen) atoms. The second-order valence-corrected chi connectivity index (χ2v) is 7.99. The fraction of sp³-hybridized carbons (Fsp3) is 0.318. The molecule has 10 heteroatoms. The standard InChI is InChI=1S/C22H20F4N4O2/c1-13-11-29(12-17-10-28-20(30(13)17)21(2,32)22(24,25)26)19(31)18-8-5-15(9-27-18)14-3-6-16(23)7-4-14/h3-10,13,32H,11-12H2,1-2H3/t13-,21+/m0/s1. The van der Waals surface area contributed by atoms with Crippen molar-refractivity contribution in [3.8, 4) is 11.1 Å². The quantitative estimate of drug-likeness (QED) is 0.614. The van der Waals surface area contributed by atoms with Crippen molar-refractivity contribution in [2.75, 3.05) is 6.54 Å². The maximum Gasteiger partial charge on any atom is 0.424 e. The summed E-state index contributed by atoms with van der Waals surface area (Å²) in [5.41, 5.74) is -1.08. The van der Waals surface area contributed by atoms with E-state index in [0.717, 1.165) is 5.56 Å². The monoisotopic (exact) mass is 448 g/mol. The van der Waals surface area contributed by atoms with Crippen molar-refractivity contribution in [3.05, 3.63) is 71.8 Å². The van der Waals surface area contributed by atoms with Crippen molar-refractivity contribution in [1.82, 2.24) is 19.4 Å². The molecule has 3 aromatic rings. The minimum absolute atomic E-state index is 0.0332. The smallest absolute Gasteiger partial charge is 0.374 e. The van der Waals surface area contributed by atoms with E-state index in [-0.39, 0.29) is 30.5 Å². The van der Waals surface area contributed by atoms with Crippen LogP contribution in [-0.4, -0.2) is 43.2 Å². The normalized spacial score (nSPS) is 18.2. The zero-order valence-corrected chi connectivity index (χ0v) is 17.3. The number of hydrogen-bond donors (Lipinski definition) is 1. The summed E-state index contributed by atoms with van der Waals surface area (Å²) in [6.07, 6.45) is -2.13. The fourth-order valence-electron chi connectivity index (χ4n) is 3.80. The molecule has 0 fully saturated rings. The Morgan fingerprint density at radius 1 is 1.06 bits per heavy atom. The number of carbonyl (C=O) groups is 1. The van der Waals surface area contributed by atoms with Crippen LogP contribution >= 0.6 is 0 Å². The zero-order chi connectivity index (χ0) is 23.3. The number of amides is 1. The van der Waals surface area contributed by atoms with Crippen LogP contribution in [-0.2, 0) is 12.1 Å². The summed E-state index contributed by atoms with van der Waals surface area (Å²) < 4.78 is 54.3. The molecule has 6 nitrogen and oxygen atoms in total. The number of nitrogens with zero attached hydrogens (tertiary/aromatic N) is 4. The van der Waals surface area contributed by atoms with E-state index in [4.69, 9.17) is 0 Å². The molecule has 0 bridgehead atoms. The topological polar surface area (TPSA) is 71.2 Å². The summed E-state index contributed by atoms with van der Waals surface area (Å²) in [6.45, 7) is 2.49. The Morgan fingerprint density at radius 3 is 2.31 bits per heavy atom. The Hall–Kier alpha value is -3.27. The summed E-state index contributed by atoms with van der Waals surface area (Å²) >= 11 is 0. The molecule has 4 rings (SSSR count). The van der Waals surface area contributed by atoms with Crippen molar-refractivity contribution in [2.45, 2.75) is 38.2 Å². The summed E-state index contributed by atoms with van der Waals surface area (Å²) in [7, 11) is 0. The van der Waals surface area contributed by atoms with E-state index in [1.165, 1.54) is 34.0 Å². The molecule has 3 heterocycles. The Kier molecular flexibility index (Phi) is 5.28. The first-order valence-electron chi connectivity index (χ1n) is 9.86. The van der Waals surface area contributed by atoms with Gasteiger partial charge in [-0.2, -0.15) is 13.2 Å². The SMILES string of the molecule is C[C@H]1CN(C(=O)c2ccc(-c3ccc(F)cc3)cn2)Cc2cnc([C@@](C)(O)C(F)(F)F)n21. The van der Waals surface area contributed by atoms with E-state index in [1.54, 1.807) is 31.2 Å². The third-order valence-electron chi connectivity index (χ3n) is 5.59. The van der Waals surface area contributed by atoms with Crippen LogP contribution in [0.4, 0.5) is 17.6 Å². The van der Waals surface area contributed by atoms with Gasteiger partial charge in [0.2, 0.25) is 5.60 Å². The highest BCUT2D eigenvalue weighted by atomic mass is 19.4. The van der Waals surface area contributed by atoms with Gasteiger partial charge < -0.3 is 14.6 Å². The maximum absolute atomic E-state index is 13.3. The van der Waals surface area contributed by atoms with Crippen molar-refractivity contribution >= 4 is 5.91 Å². The lowest BCUT2D eigenvalue weighted by Gasteiger charge is -2.36. The number of aliphatic hydroxyl groups is 1. The van der Waals surface area contributed by atoms with E-state index in [9.17, 15) is 27.5 Å². The number of fused-ring (bicyclic) bond motifs is 1. The van der Waals surface area contributed by atoms with Crippen molar-refractivity contribution < 1.29 is 27.5 Å². The third-order valence-corrected chi connectivity index (χ3v) is 5.59. The highest BCUT2D eigenvalue weighted by molar-refractivity contribution is 5.92. The largest absolute Gasteiger partial charge is 0.424 e. The Balaban J connectivity index is 1.56. The summed E-state index contributed by atoms with van der Waals surface area (Å²) in [5, 5.41) is 10.1. The number of aromatic nitrogens is 3. The maximum atomic E-state index is 13.3. The van der Waals surface area contributed by atoms with Gasteiger partial charge in [-0.1, -0.05) is 18.2 Å². The van der Waals surface area contributed by atoms with Gasteiger partial charge in [-0.25, -0.2) is 9.37 Å².